The molecule has 0 aliphatic heterocycles. The molecule has 0 N–H and O–H groups in total. The van der Waals surface area contributed by atoms with Crippen LogP contribution < -0.4 is 0 Å². The topological polar surface area (TPSA) is 49.6 Å². The Morgan fingerprint density at radius 2 is 1.86 bits per heavy atom. The summed E-state index contributed by atoms with van der Waals surface area (Å²) in [4.78, 5) is 0. The maximum absolute atomic E-state index is 9.44. The van der Waals surface area contributed by atoms with Crippen LogP contribution in [0.2, 0.25) is 5.02 Å². The van der Waals surface area contributed by atoms with Crippen molar-refractivity contribution in [3.63, 3.8) is 0 Å². The van der Waals surface area contributed by atoms with Crippen molar-refractivity contribution in [3.8, 4) is 6.07 Å². The van der Waals surface area contributed by atoms with Crippen molar-refractivity contribution in [2.75, 3.05) is 0 Å². The van der Waals surface area contributed by atoms with Crippen LogP contribution in [0.4, 0.5) is 0 Å². The molecular formula is C16H16ClN3S. The quantitative estimate of drug-likeness (QED) is 0.766. The highest BCUT2D eigenvalue weighted by Gasteiger charge is 2.14. The van der Waals surface area contributed by atoms with Gasteiger partial charge in [-0.25, -0.2) is 0 Å². The van der Waals surface area contributed by atoms with Crippen LogP contribution in [0.3, 0.4) is 0 Å². The molecular weight excluding hydrogens is 302 g/mol. The summed E-state index contributed by atoms with van der Waals surface area (Å²) in [5.74, 6) is 0.745. The summed E-state index contributed by atoms with van der Waals surface area (Å²) in [5.41, 5.74) is 3.76. The third-order valence-corrected chi connectivity index (χ3v) is 4.50. The SMILES string of the molecule is CCc1nnc(SCc2ccc(Cl)cc2)c(C#N)c1CC. The van der Waals surface area contributed by atoms with E-state index in [1.165, 1.54) is 0 Å². The van der Waals surface area contributed by atoms with Gasteiger partial charge in [-0.3, -0.25) is 0 Å². The molecule has 2 aromatic rings. The first kappa shape index (κ1) is 15.8. The lowest BCUT2D eigenvalue weighted by Gasteiger charge is -2.10. The van der Waals surface area contributed by atoms with E-state index in [0.29, 0.717) is 10.6 Å². The first-order valence-electron chi connectivity index (χ1n) is 6.85. The van der Waals surface area contributed by atoms with E-state index >= 15 is 0 Å². The fourth-order valence-corrected chi connectivity index (χ4v) is 3.14. The molecule has 0 aliphatic carbocycles. The van der Waals surface area contributed by atoms with Gasteiger partial charge in [-0.1, -0.05) is 49.3 Å². The highest BCUT2D eigenvalue weighted by Crippen LogP contribution is 2.27. The molecule has 0 unspecified atom stereocenters. The molecule has 0 aliphatic rings. The molecule has 0 atom stereocenters. The summed E-state index contributed by atoms with van der Waals surface area (Å²) >= 11 is 7.42. The van der Waals surface area contributed by atoms with Crippen LogP contribution in [0.15, 0.2) is 29.3 Å². The lowest BCUT2D eigenvalue weighted by molar-refractivity contribution is 0.817. The van der Waals surface area contributed by atoms with Gasteiger partial charge in [-0.05, 0) is 36.1 Å². The summed E-state index contributed by atoms with van der Waals surface area (Å²) in [5, 5.41) is 19.4. The lowest BCUT2D eigenvalue weighted by atomic mass is 10.1. The number of halogens is 1. The van der Waals surface area contributed by atoms with Crippen LogP contribution in [0.25, 0.3) is 0 Å². The minimum atomic E-state index is 0.670. The number of hydrogen-bond acceptors (Lipinski definition) is 4. The number of aryl methyl sites for hydroxylation is 1. The van der Waals surface area contributed by atoms with E-state index in [1.807, 2.05) is 38.1 Å². The van der Waals surface area contributed by atoms with E-state index in [-0.39, 0.29) is 0 Å². The molecule has 0 saturated carbocycles. The van der Waals surface area contributed by atoms with Crippen molar-refractivity contribution in [2.24, 2.45) is 0 Å². The molecule has 0 amide bonds. The van der Waals surface area contributed by atoms with E-state index in [4.69, 9.17) is 11.6 Å². The highest BCUT2D eigenvalue weighted by molar-refractivity contribution is 7.98. The van der Waals surface area contributed by atoms with Crippen LogP contribution in [0.1, 0.15) is 36.2 Å². The maximum Gasteiger partial charge on any atom is 0.137 e. The normalized spacial score (nSPS) is 10.4. The second-order valence-electron chi connectivity index (χ2n) is 4.54. The molecule has 0 fully saturated rings. The van der Waals surface area contributed by atoms with E-state index in [1.54, 1.807) is 11.8 Å². The van der Waals surface area contributed by atoms with Crippen molar-refractivity contribution in [3.05, 3.63) is 51.7 Å². The van der Waals surface area contributed by atoms with Crippen LogP contribution in [-0.4, -0.2) is 10.2 Å². The largest absolute Gasteiger partial charge is 0.192 e. The number of nitriles is 1. The average Bonchev–Trinajstić information content (AvgIpc) is 2.53. The molecule has 1 heterocycles. The summed E-state index contributed by atoms with van der Waals surface area (Å²) in [6.45, 7) is 4.08. The van der Waals surface area contributed by atoms with Crippen molar-refractivity contribution in [1.29, 1.82) is 5.26 Å². The first-order valence-corrected chi connectivity index (χ1v) is 8.21. The van der Waals surface area contributed by atoms with Gasteiger partial charge in [0.2, 0.25) is 0 Å². The third kappa shape index (κ3) is 3.75. The minimum absolute atomic E-state index is 0.670. The fraction of sp³-hybridized carbons (Fsp3) is 0.312. The van der Waals surface area contributed by atoms with Gasteiger partial charge in [0, 0.05) is 10.8 Å². The molecule has 0 radical (unpaired) electrons. The molecule has 0 bridgehead atoms. The third-order valence-electron chi connectivity index (χ3n) is 3.21. The number of rotatable bonds is 5. The van der Waals surface area contributed by atoms with E-state index in [0.717, 1.165) is 40.4 Å². The van der Waals surface area contributed by atoms with Crippen molar-refractivity contribution < 1.29 is 0 Å². The Morgan fingerprint density at radius 1 is 1.14 bits per heavy atom. The lowest BCUT2D eigenvalue weighted by Crippen LogP contribution is -2.04. The predicted molar refractivity (Wildman–Crippen MR) is 86.5 cm³/mol. The zero-order chi connectivity index (χ0) is 15.2. The molecule has 0 spiro atoms. The van der Waals surface area contributed by atoms with E-state index in [2.05, 4.69) is 16.3 Å². The Hall–Kier alpha value is -1.57. The number of nitrogens with zero attached hydrogens (tertiary/aromatic N) is 3. The van der Waals surface area contributed by atoms with Gasteiger partial charge in [-0.2, -0.15) is 10.4 Å². The van der Waals surface area contributed by atoms with Crippen molar-refractivity contribution >= 4 is 23.4 Å². The molecule has 108 valence electrons. The van der Waals surface area contributed by atoms with Gasteiger partial charge >= 0.3 is 0 Å². The smallest absolute Gasteiger partial charge is 0.137 e. The molecule has 0 saturated heterocycles. The zero-order valence-corrected chi connectivity index (χ0v) is 13.6. The van der Waals surface area contributed by atoms with Gasteiger partial charge in [0.25, 0.3) is 0 Å². The summed E-state index contributed by atoms with van der Waals surface area (Å²) < 4.78 is 0. The fourth-order valence-electron chi connectivity index (χ4n) is 2.10. The summed E-state index contributed by atoms with van der Waals surface area (Å²) in [6.07, 6.45) is 1.60. The molecule has 2 rings (SSSR count). The average molecular weight is 318 g/mol. The number of aromatic nitrogens is 2. The van der Waals surface area contributed by atoms with E-state index in [9.17, 15) is 5.26 Å². The van der Waals surface area contributed by atoms with Crippen LogP contribution in [0, 0.1) is 11.3 Å². The molecule has 1 aromatic carbocycles. The van der Waals surface area contributed by atoms with Gasteiger partial charge in [-0.15, -0.1) is 5.10 Å². The monoisotopic (exact) mass is 317 g/mol. The standard InChI is InChI=1S/C16H16ClN3S/c1-3-13-14(9-18)16(20-19-15(13)4-2)21-10-11-5-7-12(17)8-6-11/h5-8H,3-4,10H2,1-2H3. The maximum atomic E-state index is 9.44. The predicted octanol–water partition coefficient (Wildman–Crippen LogP) is 4.42. The highest BCUT2D eigenvalue weighted by atomic mass is 35.5. The molecule has 21 heavy (non-hydrogen) atoms. The number of benzene rings is 1. The molecule has 3 nitrogen and oxygen atoms in total. The molecule has 1 aromatic heterocycles. The Morgan fingerprint density at radius 3 is 2.43 bits per heavy atom. The van der Waals surface area contributed by atoms with Gasteiger partial charge in [0.15, 0.2) is 0 Å². The van der Waals surface area contributed by atoms with Gasteiger partial charge < -0.3 is 0 Å². The minimum Gasteiger partial charge on any atom is -0.192 e. The summed E-state index contributed by atoms with van der Waals surface area (Å²) in [7, 11) is 0. The Bertz CT molecular complexity index is 662. The number of hydrogen-bond donors (Lipinski definition) is 0. The summed E-state index contributed by atoms with van der Waals surface area (Å²) in [6, 6.07) is 9.99. The van der Waals surface area contributed by atoms with Crippen LogP contribution >= 0.6 is 23.4 Å². The van der Waals surface area contributed by atoms with E-state index < -0.39 is 0 Å². The Balaban J connectivity index is 2.24. The first-order chi connectivity index (χ1) is 10.2. The van der Waals surface area contributed by atoms with Gasteiger partial charge in [0.1, 0.15) is 11.1 Å². The number of thioether (sulfide) groups is 1. The van der Waals surface area contributed by atoms with Gasteiger partial charge in [0.05, 0.1) is 11.3 Å². The zero-order valence-electron chi connectivity index (χ0n) is 12.1. The van der Waals surface area contributed by atoms with Crippen LogP contribution in [-0.2, 0) is 18.6 Å². The van der Waals surface area contributed by atoms with Crippen LogP contribution in [0.5, 0.6) is 0 Å². The van der Waals surface area contributed by atoms with Crippen molar-refractivity contribution in [1.82, 2.24) is 10.2 Å². The second kappa shape index (κ2) is 7.44. The van der Waals surface area contributed by atoms with Crippen molar-refractivity contribution in [2.45, 2.75) is 37.5 Å². The Kier molecular flexibility index (Phi) is 5.60. The second-order valence-corrected chi connectivity index (χ2v) is 5.94. The molecule has 5 heteroatoms. The Labute approximate surface area is 134 Å².